The highest BCUT2D eigenvalue weighted by atomic mass is 32.1. The summed E-state index contributed by atoms with van der Waals surface area (Å²) in [6.07, 6.45) is 1.56. The molecule has 0 bridgehead atoms. The van der Waals surface area contributed by atoms with Gasteiger partial charge in [0.25, 0.3) is 5.91 Å². The van der Waals surface area contributed by atoms with Crippen molar-refractivity contribution >= 4 is 27.9 Å². The Morgan fingerprint density at radius 3 is 2.96 bits per heavy atom. The molecule has 0 atom stereocenters. The van der Waals surface area contributed by atoms with Crippen molar-refractivity contribution in [3.8, 4) is 16.3 Å². The van der Waals surface area contributed by atoms with Crippen LogP contribution in [0.1, 0.15) is 17.3 Å². The SMILES string of the molecule is CCOc1cccc(C(=O)Nc2cccc(-c3nn4cnnc4s3)c2)c1. The van der Waals surface area contributed by atoms with E-state index in [2.05, 4.69) is 20.6 Å². The highest BCUT2D eigenvalue weighted by Gasteiger charge is 2.11. The first-order chi connectivity index (χ1) is 12.7. The Morgan fingerprint density at radius 2 is 2.12 bits per heavy atom. The third-order valence-electron chi connectivity index (χ3n) is 3.66. The van der Waals surface area contributed by atoms with E-state index in [0.29, 0.717) is 23.6 Å². The number of benzene rings is 2. The van der Waals surface area contributed by atoms with E-state index < -0.39 is 0 Å². The number of ether oxygens (including phenoxy) is 1. The van der Waals surface area contributed by atoms with Gasteiger partial charge in [0.05, 0.1) is 6.61 Å². The summed E-state index contributed by atoms with van der Waals surface area (Å²) >= 11 is 1.44. The first kappa shape index (κ1) is 16.2. The number of aromatic nitrogens is 4. The zero-order chi connectivity index (χ0) is 17.9. The highest BCUT2D eigenvalue weighted by Crippen LogP contribution is 2.27. The van der Waals surface area contributed by atoms with E-state index in [-0.39, 0.29) is 5.91 Å². The van der Waals surface area contributed by atoms with Gasteiger partial charge >= 0.3 is 0 Å². The average Bonchev–Trinajstić information content (AvgIpc) is 3.24. The van der Waals surface area contributed by atoms with Crippen molar-refractivity contribution in [2.45, 2.75) is 6.92 Å². The van der Waals surface area contributed by atoms with Crippen LogP contribution < -0.4 is 10.1 Å². The van der Waals surface area contributed by atoms with E-state index in [9.17, 15) is 4.79 Å². The van der Waals surface area contributed by atoms with Crippen LogP contribution >= 0.6 is 11.3 Å². The predicted molar refractivity (Wildman–Crippen MR) is 99.7 cm³/mol. The molecule has 2 aromatic heterocycles. The number of carbonyl (C=O) groups is 1. The summed E-state index contributed by atoms with van der Waals surface area (Å²) in [7, 11) is 0. The number of rotatable bonds is 5. The van der Waals surface area contributed by atoms with Crippen molar-refractivity contribution in [1.82, 2.24) is 19.8 Å². The lowest BCUT2D eigenvalue weighted by atomic mass is 10.1. The summed E-state index contributed by atoms with van der Waals surface area (Å²) in [5.74, 6) is 0.482. The molecular weight excluding hydrogens is 350 g/mol. The van der Waals surface area contributed by atoms with Crippen LogP contribution in [0.5, 0.6) is 5.75 Å². The van der Waals surface area contributed by atoms with Crippen LogP contribution in [0.25, 0.3) is 15.5 Å². The van der Waals surface area contributed by atoms with Crippen LogP contribution in [0.4, 0.5) is 5.69 Å². The topological polar surface area (TPSA) is 81.4 Å². The molecule has 4 rings (SSSR count). The van der Waals surface area contributed by atoms with Crippen LogP contribution in [0.2, 0.25) is 0 Å². The van der Waals surface area contributed by atoms with Gasteiger partial charge in [0.1, 0.15) is 17.1 Å². The standard InChI is InChI=1S/C18H15N5O2S/c1-2-25-15-8-4-5-12(10-15)16(24)20-14-7-3-6-13(9-14)17-22-23-11-19-21-18(23)26-17/h3-11H,2H2,1H3,(H,20,24). The highest BCUT2D eigenvalue weighted by molar-refractivity contribution is 7.19. The molecule has 0 spiro atoms. The van der Waals surface area contributed by atoms with Crippen molar-refractivity contribution in [2.75, 3.05) is 11.9 Å². The molecule has 8 heteroatoms. The van der Waals surface area contributed by atoms with Gasteiger partial charge in [-0.25, -0.2) is 0 Å². The number of anilines is 1. The molecule has 2 heterocycles. The first-order valence-corrected chi connectivity index (χ1v) is 8.86. The number of hydrogen-bond acceptors (Lipinski definition) is 6. The third kappa shape index (κ3) is 3.27. The first-order valence-electron chi connectivity index (χ1n) is 8.04. The molecule has 0 saturated carbocycles. The van der Waals surface area contributed by atoms with Crippen LogP contribution in [0.15, 0.2) is 54.9 Å². The Balaban J connectivity index is 1.56. The summed E-state index contributed by atoms with van der Waals surface area (Å²) in [6, 6.07) is 14.7. The van der Waals surface area contributed by atoms with Gasteiger partial charge in [0.2, 0.25) is 4.96 Å². The second-order valence-corrected chi connectivity index (χ2v) is 6.42. The minimum absolute atomic E-state index is 0.193. The Kier molecular flexibility index (Phi) is 4.32. The van der Waals surface area contributed by atoms with Crippen LogP contribution in [0.3, 0.4) is 0 Å². The number of hydrogen-bond donors (Lipinski definition) is 1. The summed E-state index contributed by atoms with van der Waals surface area (Å²) < 4.78 is 7.07. The molecule has 0 aliphatic heterocycles. The Bertz CT molecular complexity index is 1040. The van der Waals surface area contributed by atoms with Gasteiger partial charge in [-0.15, -0.1) is 10.2 Å². The number of fused-ring (bicyclic) bond motifs is 1. The molecule has 0 fully saturated rings. The molecule has 0 aliphatic carbocycles. The Labute approximate surface area is 153 Å². The van der Waals surface area contributed by atoms with Gasteiger partial charge in [0, 0.05) is 16.8 Å². The van der Waals surface area contributed by atoms with Gasteiger partial charge in [-0.05, 0) is 37.3 Å². The molecule has 0 radical (unpaired) electrons. The molecular formula is C18H15N5O2S. The molecule has 0 aliphatic rings. The fraction of sp³-hybridized carbons (Fsp3) is 0.111. The number of nitrogens with one attached hydrogen (secondary N) is 1. The lowest BCUT2D eigenvalue weighted by molar-refractivity contribution is 0.102. The zero-order valence-electron chi connectivity index (χ0n) is 13.9. The Morgan fingerprint density at radius 1 is 1.23 bits per heavy atom. The monoisotopic (exact) mass is 365 g/mol. The lowest BCUT2D eigenvalue weighted by Crippen LogP contribution is -2.12. The minimum Gasteiger partial charge on any atom is -0.494 e. The quantitative estimate of drug-likeness (QED) is 0.585. The maximum atomic E-state index is 12.5. The van der Waals surface area contributed by atoms with Gasteiger partial charge in [-0.2, -0.15) is 9.61 Å². The summed E-state index contributed by atoms with van der Waals surface area (Å²) in [5.41, 5.74) is 2.14. The van der Waals surface area contributed by atoms with Crippen LogP contribution in [-0.2, 0) is 0 Å². The molecule has 7 nitrogen and oxygen atoms in total. The molecule has 4 aromatic rings. The van der Waals surface area contributed by atoms with Crippen molar-refractivity contribution in [3.05, 3.63) is 60.4 Å². The molecule has 1 N–H and O–H groups in total. The number of carbonyl (C=O) groups excluding carboxylic acids is 1. The zero-order valence-corrected chi connectivity index (χ0v) is 14.7. The van der Waals surface area contributed by atoms with E-state index >= 15 is 0 Å². The van der Waals surface area contributed by atoms with E-state index in [1.54, 1.807) is 29.0 Å². The van der Waals surface area contributed by atoms with E-state index in [1.165, 1.54) is 11.3 Å². The summed E-state index contributed by atoms with van der Waals surface area (Å²) in [5, 5.41) is 15.9. The summed E-state index contributed by atoms with van der Waals surface area (Å²) in [4.78, 5) is 13.2. The molecule has 2 aromatic carbocycles. The molecule has 0 saturated heterocycles. The second kappa shape index (κ2) is 6.93. The number of amides is 1. The molecule has 26 heavy (non-hydrogen) atoms. The smallest absolute Gasteiger partial charge is 0.255 e. The van der Waals surface area contributed by atoms with Crippen molar-refractivity contribution in [2.24, 2.45) is 0 Å². The molecule has 130 valence electrons. The summed E-state index contributed by atoms with van der Waals surface area (Å²) in [6.45, 7) is 2.46. The maximum Gasteiger partial charge on any atom is 0.255 e. The van der Waals surface area contributed by atoms with Crippen molar-refractivity contribution in [3.63, 3.8) is 0 Å². The lowest BCUT2D eigenvalue weighted by Gasteiger charge is -2.08. The fourth-order valence-corrected chi connectivity index (χ4v) is 3.32. The van der Waals surface area contributed by atoms with Crippen LogP contribution in [-0.4, -0.2) is 32.3 Å². The Hall–Kier alpha value is -3.26. The second-order valence-electron chi connectivity index (χ2n) is 5.46. The average molecular weight is 365 g/mol. The molecule has 1 amide bonds. The van der Waals surface area contributed by atoms with E-state index in [1.807, 2.05) is 37.3 Å². The van der Waals surface area contributed by atoms with Gasteiger partial charge in [-0.3, -0.25) is 4.79 Å². The number of nitrogens with zero attached hydrogens (tertiary/aromatic N) is 4. The van der Waals surface area contributed by atoms with Crippen molar-refractivity contribution in [1.29, 1.82) is 0 Å². The van der Waals surface area contributed by atoms with Crippen LogP contribution in [0, 0.1) is 0 Å². The minimum atomic E-state index is -0.193. The van der Waals surface area contributed by atoms with Gasteiger partial charge in [-0.1, -0.05) is 29.5 Å². The normalized spacial score (nSPS) is 10.8. The third-order valence-corrected chi connectivity index (χ3v) is 4.62. The molecule has 0 unspecified atom stereocenters. The van der Waals surface area contributed by atoms with Gasteiger partial charge < -0.3 is 10.1 Å². The van der Waals surface area contributed by atoms with Crippen molar-refractivity contribution < 1.29 is 9.53 Å². The van der Waals surface area contributed by atoms with E-state index in [0.717, 1.165) is 15.5 Å². The predicted octanol–water partition coefficient (Wildman–Crippen LogP) is 3.50. The van der Waals surface area contributed by atoms with E-state index in [4.69, 9.17) is 4.74 Å². The fourth-order valence-electron chi connectivity index (χ4n) is 2.50. The maximum absolute atomic E-state index is 12.5. The van der Waals surface area contributed by atoms with Gasteiger partial charge in [0.15, 0.2) is 0 Å². The largest absolute Gasteiger partial charge is 0.494 e.